The second-order valence-electron chi connectivity index (χ2n) is 2.16. The van der Waals surface area contributed by atoms with Crippen LogP contribution >= 0.6 is 15.9 Å². The van der Waals surface area contributed by atoms with Crippen molar-refractivity contribution in [3.05, 3.63) is 0 Å². The molecule has 0 aliphatic rings. The van der Waals surface area contributed by atoms with Crippen molar-refractivity contribution >= 4 is 21.8 Å². The fourth-order valence-corrected chi connectivity index (χ4v) is 0.840. The molecule has 0 spiro atoms. The lowest BCUT2D eigenvalue weighted by atomic mass is 10.3. The molecule has 0 fully saturated rings. The average molecular weight is 194 g/mol. The molecular weight excluding hydrogens is 182 g/mol. The maximum absolute atomic E-state index is 10.7. The highest BCUT2D eigenvalue weighted by Crippen LogP contribution is 1.87. The largest absolute Gasteiger partial charge is 0.354 e. The number of hydrogen-bond acceptors (Lipinski definition) is 1. The zero-order valence-corrected chi connectivity index (χ0v) is 7.36. The van der Waals surface area contributed by atoms with Gasteiger partial charge in [-0.15, -0.1) is 0 Å². The minimum Gasteiger partial charge on any atom is -0.354 e. The summed E-state index contributed by atoms with van der Waals surface area (Å²) < 4.78 is 0. The van der Waals surface area contributed by atoms with Crippen molar-refractivity contribution in [1.82, 2.24) is 5.32 Å². The Bertz CT molecular complexity index is 93.1. The molecular formula is C6H12BrNO. The van der Waals surface area contributed by atoms with Gasteiger partial charge in [-0.2, -0.15) is 0 Å². The first kappa shape index (κ1) is 8.95. The van der Waals surface area contributed by atoms with Gasteiger partial charge in [-0.1, -0.05) is 15.9 Å². The normalized spacial score (nSPS) is 9.78. The third-order valence-electron chi connectivity index (χ3n) is 0.771. The number of carbonyl (C=O) groups excluding carboxylic acids is 1. The molecule has 1 N–H and O–H groups in total. The molecule has 3 heteroatoms. The minimum atomic E-state index is 0.113. The van der Waals surface area contributed by atoms with Crippen molar-refractivity contribution in [3.63, 3.8) is 0 Å². The van der Waals surface area contributed by atoms with E-state index in [-0.39, 0.29) is 11.9 Å². The van der Waals surface area contributed by atoms with Crippen LogP contribution in [0, 0.1) is 0 Å². The van der Waals surface area contributed by atoms with Crippen LogP contribution < -0.4 is 5.32 Å². The number of hydrogen-bond donors (Lipinski definition) is 1. The molecule has 0 aromatic rings. The summed E-state index contributed by atoms with van der Waals surface area (Å²) in [5.41, 5.74) is 0. The van der Waals surface area contributed by atoms with Gasteiger partial charge in [-0.3, -0.25) is 4.79 Å². The van der Waals surface area contributed by atoms with E-state index in [0.29, 0.717) is 6.42 Å². The van der Waals surface area contributed by atoms with Crippen LogP contribution in [0.25, 0.3) is 0 Å². The standard InChI is InChI=1S/C6H12BrNO/c1-5(2)8-6(9)3-4-7/h5H,3-4H2,1-2H3,(H,8,9). The first-order valence-electron chi connectivity index (χ1n) is 3.02. The lowest BCUT2D eigenvalue weighted by Crippen LogP contribution is -2.29. The van der Waals surface area contributed by atoms with Crippen LogP contribution in [0.15, 0.2) is 0 Å². The van der Waals surface area contributed by atoms with Crippen LogP contribution in [0.3, 0.4) is 0 Å². The predicted octanol–water partition coefficient (Wildman–Crippen LogP) is 1.30. The first-order valence-corrected chi connectivity index (χ1v) is 4.14. The molecule has 0 aliphatic heterocycles. The Hall–Kier alpha value is -0.0500. The van der Waals surface area contributed by atoms with Crippen LogP contribution in [0.5, 0.6) is 0 Å². The molecule has 54 valence electrons. The number of halogens is 1. The number of alkyl halides is 1. The maximum atomic E-state index is 10.7. The van der Waals surface area contributed by atoms with E-state index >= 15 is 0 Å². The maximum Gasteiger partial charge on any atom is 0.221 e. The van der Waals surface area contributed by atoms with Gasteiger partial charge >= 0.3 is 0 Å². The Morgan fingerprint density at radius 1 is 1.67 bits per heavy atom. The van der Waals surface area contributed by atoms with E-state index < -0.39 is 0 Å². The van der Waals surface area contributed by atoms with Crippen molar-refractivity contribution in [3.8, 4) is 0 Å². The molecule has 2 nitrogen and oxygen atoms in total. The van der Waals surface area contributed by atoms with Crippen molar-refractivity contribution in [2.24, 2.45) is 0 Å². The first-order chi connectivity index (χ1) is 4.16. The number of amides is 1. The quantitative estimate of drug-likeness (QED) is 0.674. The Kier molecular flexibility index (Phi) is 4.77. The molecule has 0 rings (SSSR count). The fraction of sp³-hybridized carbons (Fsp3) is 0.833. The van der Waals surface area contributed by atoms with E-state index in [0.717, 1.165) is 5.33 Å². The Morgan fingerprint density at radius 2 is 2.22 bits per heavy atom. The molecule has 0 bridgehead atoms. The Balaban J connectivity index is 3.27. The molecule has 0 radical (unpaired) electrons. The zero-order chi connectivity index (χ0) is 7.28. The van der Waals surface area contributed by atoms with E-state index in [9.17, 15) is 4.79 Å². The van der Waals surface area contributed by atoms with E-state index in [1.54, 1.807) is 0 Å². The summed E-state index contributed by atoms with van der Waals surface area (Å²) in [6.07, 6.45) is 0.568. The van der Waals surface area contributed by atoms with Gasteiger partial charge in [0, 0.05) is 17.8 Å². The van der Waals surface area contributed by atoms with E-state index in [4.69, 9.17) is 0 Å². The summed E-state index contributed by atoms with van der Waals surface area (Å²) >= 11 is 3.18. The van der Waals surface area contributed by atoms with Crippen LogP contribution in [-0.2, 0) is 4.79 Å². The molecule has 0 saturated carbocycles. The lowest BCUT2D eigenvalue weighted by molar-refractivity contribution is -0.121. The fourth-order valence-electron chi connectivity index (χ4n) is 0.480. The van der Waals surface area contributed by atoms with E-state index in [1.807, 2.05) is 13.8 Å². The van der Waals surface area contributed by atoms with Crippen molar-refractivity contribution in [2.75, 3.05) is 5.33 Å². The van der Waals surface area contributed by atoms with Gasteiger partial charge in [0.1, 0.15) is 0 Å². The lowest BCUT2D eigenvalue weighted by Gasteiger charge is -2.05. The van der Waals surface area contributed by atoms with E-state index in [1.165, 1.54) is 0 Å². The molecule has 1 amide bonds. The van der Waals surface area contributed by atoms with Gasteiger partial charge in [0.2, 0.25) is 5.91 Å². The molecule has 0 aromatic heterocycles. The third-order valence-corrected chi connectivity index (χ3v) is 1.17. The third kappa shape index (κ3) is 5.83. The topological polar surface area (TPSA) is 29.1 Å². The second-order valence-corrected chi connectivity index (χ2v) is 2.95. The molecule has 0 unspecified atom stereocenters. The minimum absolute atomic E-state index is 0.113. The van der Waals surface area contributed by atoms with Crippen LogP contribution in [0.4, 0.5) is 0 Å². The summed E-state index contributed by atoms with van der Waals surface area (Å²) in [6.45, 7) is 3.90. The summed E-state index contributed by atoms with van der Waals surface area (Å²) in [7, 11) is 0. The Morgan fingerprint density at radius 3 is 2.56 bits per heavy atom. The van der Waals surface area contributed by atoms with Gasteiger partial charge in [0.25, 0.3) is 0 Å². The summed E-state index contributed by atoms with van der Waals surface area (Å²) in [6, 6.07) is 0.261. The van der Waals surface area contributed by atoms with Crippen molar-refractivity contribution in [1.29, 1.82) is 0 Å². The van der Waals surface area contributed by atoms with Gasteiger partial charge in [-0.25, -0.2) is 0 Å². The predicted molar refractivity (Wildman–Crippen MR) is 41.7 cm³/mol. The number of nitrogens with one attached hydrogen (secondary N) is 1. The van der Waals surface area contributed by atoms with Crippen LogP contribution in [0.2, 0.25) is 0 Å². The van der Waals surface area contributed by atoms with Gasteiger partial charge in [0.05, 0.1) is 0 Å². The summed E-state index contributed by atoms with van der Waals surface area (Å²) in [5, 5.41) is 3.52. The highest BCUT2D eigenvalue weighted by molar-refractivity contribution is 9.09. The SMILES string of the molecule is CC(C)NC(=O)CCBr. The molecule has 0 heterocycles. The summed E-state index contributed by atoms with van der Waals surface area (Å²) in [4.78, 5) is 10.7. The van der Waals surface area contributed by atoms with Crippen LogP contribution in [-0.4, -0.2) is 17.3 Å². The second kappa shape index (κ2) is 4.79. The smallest absolute Gasteiger partial charge is 0.221 e. The monoisotopic (exact) mass is 193 g/mol. The van der Waals surface area contributed by atoms with Crippen molar-refractivity contribution in [2.45, 2.75) is 26.3 Å². The van der Waals surface area contributed by atoms with Crippen LogP contribution in [0.1, 0.15) is 20.3 Å². The van der Waals surface area contributed by atoms with Crippen molar-refractivity contribution < 1.29 is 4.79 Å². The number of carbonyl (C=O) groups is 1. The Labute approximate surface area is 64.1 Å². The molecule has 0 atom stereocenters. The highest BCUT2D eigenvalue weighted by atomic mass is 79.9. The molecule has 0 saturated heterocycles. The van der Waals surface area contributed by atoms with Gasteiger partial charge < -0.3 is 5.32 Å². The highest BCUT2D eigenvalue weighted by Gasteiger charge is 1.99. The molecule has 9 heavy (non-hydrogen) atoms. The number of rotatable bonds is 3. The van der Waals surface area contributed by atoms with E-state index in [2.05, 4.69) is 21.2 Å². The average Bonchev–Trinajstić information content (AvgIpc) is 1.63. The van der Waals surface area contributed by atoms with Gasteiger partial charge in [0.15, 0.2) is 0 Å². The zero-order valence-electron chi connectivity index (χ0n) is 5.78. The molecule has 0 aliphatic carbocycles. The van der Waals surface area contributed by atoms with Gasteiger partial charge in [-0.05, 0) is 13.8 Å². The molecule has 0 aromatic carbocycles. The summed E-state index contributed by atoms with van der Waals surface area (Å²) in [5.74, 6) is 0.113.